The van der Waals surface area contributed by atoms with E-state index in [-0.39, 0.29) is 24.0 Å². The minimum absolute atomic E-state index is 0.0662. The fraction of sp³-hybridized carbons (Fsp3) is 0.222. The van der Waals surface area contributed by atoms with Crippen molar-refractivity contribution in [2.75, 3.05) is 12.3 Å². The molecule has 8 nitrogen and oxygen atoms in total. The molecule has 0 saturated heterocycles. The van der Waals surface area contributed by atoms with Crippen LogP contribution in [-0.2, 0) is 20.0 Å². The molecule has 0 aliphatic carbocycles. The molecule has 0 fully saturated rings. The van der Waals surface area contributed by atoms with E-state index in [0.29, 0.717) is 29.8 Å². The lowest BCUT2D eigenvalue weighted by molar-refractivity contribution is 0.0732. The number of anilines is 1. The topological polar surface area (TPSA) is 110 Å². The van der Waals surface area contributed by atoms with Crippen molar-refractivity contribution in [3.8, 4) is 11.4 Å². The highest BCUT2D eigenvalue weighted by atomic mass is 16.2. The molecule has 0 saturated carbocycles. The number of rotatable bonds is 2. The zero-order valence-electron chi connectivity index (χ0n) is 14.3. The van der Waals surface area contributed by atoms with E-state index in [0.717, 1.165) is 11.4 Å². The van der Waals surface area contributed by atoms with Crippen LogP contribution in [0.2, 0.25) is 0 Å². The van der Waals surface area contributed by atoms with Crippen LogP contribution in [-0.4, -0.2) is 36.9 Å². The van der Waals surface area contributed by atoms with E-state index >= 15 is 0 Å². The first-order valence-corrected chi connectivity index (χ1v) is 8.28. The van der Waals surface area contributed by atoms with Gasteiger partial charge in [0.15, 0.2) is 0 Å². The number of aryl methyl sites for hydroxylation is 1. The van der Waals surface area contributed by atoms with Gasteiger partial charge in [-0.3, -0.25) is 14.6 Å². The molecule has 3 heterocycles. The van der Waals surface area contributed by atoms with Gasteiger partial charge in [0.05, 0.1) is 17.8 Å². The predicted molar refractivity (Wildman–Crippen MR) is 96.4 cm³/mol. The van der Waals surface area contributed by atoms with Gasteiger partial charge in [0.1, 0.15) is 5.82 Å². The number of nitrogen functional groups attached to an aromatic ring is 1. The van der Waals surface area contributed by atoms with E-state index in [1.807, 2.05) is 36.0 Å². The average Bonchev–Trinajstić information content (AvgIpc) is 3.06. The molecule has 1 aliphatic heterocycles. The highest BCUT2D eigenvalue weighted by Gasteiger charge is 2.27. The van der Waals surface area contributed by atoms with Crippen molar-refractivity contribution in [1.29, 1.82) is 0 Å². The molecular formula is C18H18N6O2. The molecule has 0 atom stereocenters. The Balaban J connectivity index is 1.70. The van der Waals surface area contributed by atoms with Crippen LogP contribution in [0, 0.1) is 0 Å². The van der Waals surface area contributed by atoms with Crippen molar-refractivity contribution >= 4 is 11.9 Å². The van der Waals surface area contributed by atoms with E-state index < -0.39 is 0 Å². The Hall–Kier alpha value is -3.42. The molecule has 0 radical (unpaired) electrons. The Morgan fingerprint density at radius 1 is 1.31 bits per heavy atom. The Bertz CT molecular complexity index is 1050. The van der Waals surface area contributed by atoms with E-state index in [9.17, 15) is 9.59 Å². The van der Waals surface area contributed by atoms with Crippen molar-refractivity contribution in [2.45, 2.75) is 13.0 Å². The third-order valence-corrected chi connectivity index (χ3v) is 4.60. The van der Waals surface area contributed by atoms with Crippen molar-refractivity contribution in [3.63, 3.8) is 0 Å². The Labute approximate surface area is 149 Å². The quantitative estimate of drug-likeness (QED) is 0.715. The lowest BCUT2D eigenvalue weighted by atomic mass is 10.0. The second-order valence-corrected chi connectivity index (χ2v) is 6.26. The summed E-state index contributed by atoms with van der Waals surface area (Å²) in [7, 11) is 1.89. The number of hydrogen-bond acceptors (Lipinski definition) is 5. The SMILES string of the molecule is Cn1ccnc1-c1ccccc1C(=O)N1CCc2c(nc(N)[nH]c2=O)C1. The van der Waals surface area contributed by atoms with Gasteiger partial charge in [0.2, 0.25) is 5.95 Å². The third kappa shape index (κ3) is 2.65. The second kappa shape index (κ2) is 6.14. The first kappa shape index (κ1) is 16.1. The first-order chi connectivity index (χ1) is 12.5. The molecule has 0 bridgehead atoms. The number of nitrogens with two attached hydrogens (primary N) is 1. The summed E-state index contributed by atoms with van der Waals surface area (Å²) in [4.78, 5) is 37.9. The maximum atomic E-state index is 13.2. The van der Waals surface area contributed by atoms with Crippen molar-refractivity contribution in [2.24, 2.45) is 7.05 Å². The number of nitrogens with one attached hydrogen (secondary N) is 1. The number of carbonyl (C=O) groups excluding carboxylic acids is 1. The largest absolute Gasteiger partial charge is 0.369 e. The number of fused-ring (bicyclic) bond motifs is 1. The van der Waals surface area contributed by atoms with Crippen LogP contribution >= 0.6 is 0 Å². The molecule has 4 rings (SSSR count). The smallest absolute Gasteiger partial charge is 0.255 e. The summed E-state index contributed by atoms with van der Waals surface area (Å²) in [6.07, 6.45) is 3.99. The van der Waals surface area contributed by atoms with Crippen LogP contribution in [0.3, 0.4) is 0 Å². The number of benzene rings is 1. The summed E-state index contributed by atoms with van der Waals surface area (Å²) in [6.45, 7) is 0.715. The summed E-state index contributed by atoms with van der Waals surface area (Å²) in [5.74, 6) is 0.677. The second-order valence-electron chi connectivity index (χ2n) is 6.26. The minimum atomic E-state index is -0.229. The number of nitrogens with zero attached hydrogens (tertiary/aromatic N) is 4. The van der Waals surface area contributed by atoms with Gasteiger partial charge in [-0.1, -0.05) is 18.2 Å². The monoisotopic (exact) mass is 350 g/mol. The fourth-order valence-corrected chi connectivity index (χ4v) is 3.29. The van der Waals surface area contributed by atoms with E-state index in [1.54, 1.807) is 17.2 Å². The number of carbonyl (C=O) groups is 1. The fourth-order valence-electron chi connectivity index (χ4n) is 3.29. The molecule has 2 aromatic heterocycles. The Morgan fingerprint density at radius 2 is 2.12 bits per heavy atom. The molecule has 26 heavy (non-hydrogen) atoms. The van der Waals surface area contributed by atoms with Gasteiger partial charge in [-0.2, -0.15) is 0 Å². The molecule has 0 spiro atoms. The summed E-state index contributed by atoms with van der Waals surface area (Å²) in [5.41, 5.74) is 7.91. The van der Waals surface area contributed by atoms with E-state index in [1.165, 1.54) is 0 Å². The van der Waals surface area contributed by atoms with Crippen molar-refractivity contribution in [3.05, 3.63) is 63.8 Å². The van der Waals surface area contributed by atoms with Crippen LogP contribution in [0.5, 0.6) is 0 Å². The molecule has 1 amide bonds. The molecule has 132 valence electrons. The molecule has 3 N–H and O–H groups in total. The zero-order chi connectivity index (χ0) is 18.3. The number of hydrogen-bond donors (Lipinski definition) is 2. The minimum Gasteiger partial charge on any atom is -0.369 e. The zero-order valence-corrected chi connectivity index (χ0v) is 14.3. The normalized spacial score (nSPS) is 13.5. The maximum Gasteiger partial charge on any atom is 0.255 e. The van der Waals surface area contributed by atoms with E-state index in [4.69, 9.17) is 5.73 Å². The summed E-state index contributed by atoms with van der Waals surface area (Å²) >= 11 is 0. The van der Waals surface area contributed by atoms with Gasteiger partial charge in [0.25, 0.3) is 11.5 Å². The number of H-pyrrole nitrogens is 1. The van der Waals surface area contributed by atoms with Gasteiger partial charge in [-0.25, -0.2) is 9.97 Å². The van der Waals surface area contributed by atoms with Crippen LogP contribution in [0.4, 0.5) is 5.95 Å². The highest BCUT2D eigenvalue weighted by molar-refractivity contribution is 6.00. The van der Waals surface area contributed by atoms with Gasteiger partial charge in [-0.05, 0) is 12.5 Å². The summed E-state index contributed by atoms with van der Waals surface area (Å²) < 4.78 is 1.87. The third-order valence-electron chi connectivity index (χ3n) is 4.60. The van der Waals surface area contributed by atoms with Gasteiger partial charge in [-0.15, -0.1) is 0 Å². The highest BCUT2D eigenvalue weighted by Crippen LogP contribution is 2.25. The molecular weight excluding hydrogens is 332 g/mol. The molecule has 3 aromatic rings. The number of amides is 1. The number of imidazole rings is 1. The predicted octanol–water partition coefficient (Wildman–Crippen LogP) is 0.951. The van der Waals surface area contributed by atoms with Crippen LogP contribution in [0.15, 0.2) is 41.5 Å². The Morgan fingerprint density at radius 3 is 2.88 bits per heavy atom. The van der Waals surface area contributed by atoms with Crippen LogP contribution in [0.25, 0.3) is 11.4 Å². The first-order valence-electron chi connectivity index (χ1n) is 8.28. The Kier molecular flexibility index (Phi) is 3.80. The summed E-state index contributed by atoms with van der Waals surface area (Å²) in [6, 6.07) is 7.39. The standard InChI is InChI=1S/C18H18N6O2/c1-23-9-7-20-15(23)11-4-2-3-5-12(11)17(26)24-8-6-13-14(10-24)21-18(19)22-16(13)25/h2-5,7,9H,6,8,10H2,1H3,(H3,19,21,22,25). The number of aromatic nitrogens is 4. The van der Waals surface area contributed by atoms with Crippen LogP contribution in [0.1, 0.15) is 21.6 Å². The average molecular weight is 350 g/mol. The summed E-state index contributed by atoms with van der Waals surface area (Å²) in [5, 5.41) is 0. The molecule has 8 heteroatoms. The lowest BCUT2D eigenvalue weighted by Gasteiger charge is -2.28. The lowest BCUT2D eigenvalue weighted by Crippen LogP contribution is -2.39. The van der Waals surface area contributed by atoms with E-state index in [2.05, 4.69) is 15.0 Å². The molecule has 1 aliphatic rings. The number of aromatic amines is 1. The van der Waals surface area contributed by atoms with Gasteiger partial charge < -0.3 is 15.2 Å². The van der Waals surface area contributed by atoms with Crippen molar-refractivity contribution < 1.29 is 4.79 Å². The molecule has 0 unspecified atom stereocenters. The van der Waals surface area contributed by atoms with Gasteiger partial charge >= 0.3 is 0 Å². The van der Waals surface area contributed by atoms with Gasteiger partial charge in [0, 0.05) is 37.1 Å². The maximum absolute atomic E-state index is 13.2. The van der Waals surface area contributed by atoms with Crippen molar-refractivity contribution in [1.82, 2.24) is 24.4 Å². The van der Waals surface area contributed by atoms with Crippen LogP contribution < -0.4 is 11.3 Å². The molecule has 1 aromatic carbocycles.